The maximum atomic E-state index is 14.7. The number of carbonyl (C=O) groups is 1. The Morgan fingerprint density at radius 3 is 2.58 bits per heavy atom. The maximum absolute atomic E-state index is 14.7. The summed E-state index contributed by atoms with van der Waals surface area (Å²) in [7, 11) is 0. The monoisotopic (exact) mass is 462 g/mol. The van der Waals surface area contributed by atoms with Crippen LogP contribution in [0.3, 0.4) is 0 Å². The smallest absolute Gasteiger partial charge is 0.331 e. The third-order valence-electron chi connectivity index (χ3n) is 5.95. The standard InChI is InChI=1S/C24H26F4N4O/c1-15(2)13-31(23(33)17-9-5-10-18(21(17)25)24(26,27)28)14-20-30-19-11-6-12-29-22(19)32(20)16-7-3-4-8-16/h5-6,9-12,15-16H,3-4,7-8,13-14H2,1-2H3. The number of rotatable bonds is 6. The van der Waals surface area contributed by atoms with Crippen molar-refractivity contribution in [3.8, 4) is 0 Å². The molecule has 176 valence electrons. The number of alkyl halides is 3. The molecule has 1 amide bonds. The number of pyridine rings is 1. The number of benzene rings is 1. The van der Waals surface area contributed by atoms with Crippen molar-refractivity contribution in [2.45, 2.75) is 58.3 Å². The number of fused-ring (bicyclic) bond motifs is 1. The van der Waals surface area contributed by atoms with Crippen molar-refractivity contribution in [3.05, 3.63) is 59.3 Å². The van der Waals surface area contributed by atoms with Crippen molar-refractivity contribution in [3.63, 3.8) is 0 Å². The summed E-state index contributed by atoms with van der Waals surface area (Å²) in [5.74, 6) is -1.71. The average molecular weight is 462 g/mol. The Morgan fingerprint density at radius 2 is 1.91 bits per heavy atom. The molecule has 0 saturated heterocycles. The molecule has 1 fully saturated rings. The van der Waals surface area contributed by atoms with Gasteiger partial charge in [-0.05, 0) is 43.0 Å². The number of nitrogens with zero attached hydrogens (tertiary/aromatic N) is 4. The van der Waals surface area contributed by atoms with Gasteiger partial charge in [-0.25, -0.2) is 14.4 Å². The fourth-order valence-corrected chi connectivity index (χ4v) is 4.55. The van der Waals surface area contributed by atoms with Crippen molar-refractivity contribution in [1.82, 2.24) is 19.4 Å². The zero-order valence-corrected chi connectivity index (χ0v) is 18.6. The lowest BCUT2D eigenvalue weighted by Crippen LogP contribution is -2.35. The highest BCUT2D eigenvalue weighted by atomic mass is 19.4. The lowest BCUT2D eigenvalue weighted by atomic mass is 10.1. The second-order valence-corrected chi connectivity index (χ2v) is 8.93. The van der Waals surface area contributed by atoms with Gasteiger partial charge in [-0.15, -0.1) is 0 Å². The van der Waals surface area contributed by atoms with E-state index in [4.69, 9.17) is 4.98 Å². The molecule has 0 aliphatic heterocycles. The van der Waals surface area contributed by atoms with Gasteiger partial charge in [0.15, 0.2) is 5.65 Å². The van der Waals surface area contributed by atoms with E-state index in [0.717, 1.165) is 43.5 Å². The quantitative estimate of drug-likeness (QED) is 0.422. The minimum Gasteiger partial charge on any atom is -0.331 e. The second kappa shape index (κ2) is 9.11. The number of aromatic nitrogens is 3. The van der Waals surface area contributed by atoms with Gasteiger partial charge < -0.3 is 9.47 Å². The molecule has 0 spiro atoms. The maximum Gasteiger partial charge on any atom is 0.419 e. The summed E-state index contributed by atoms with van der Waals surface area (Å²) >= 11 is 0. The number of halogens is 4. The highest BCUT2D eigenvalue weighted by Gasteiger charge is 2.36. The number of hydrogen-bond donors (Lipinski definition) is 0. The molecule has 1 aliphatic rings. The van der Waals surface area contributed by atoms with E-state index in [1.807, 2.05) is 24.5 Å². The fraction of sp³-hybridized carbons (Fsp3) is 0.458. The van der Waals surface area contributed by atoms with Crippen LogP contribution in [0, 0.1) is 11.7 Å². The topological polar surface area (TPSA) is 51.0 Å². The molecule has 1 aliphatic carbocycles. The molecule has 5 nitrogen and oxygen atoms in total. The van der Waals surface area contributed by atoms with Crippen molar-refractivity contribution < 1.29 is 22.4 Å². The summed E-state index contributed by atoms with van der Waals surface area (Å²) in [6.07, 6.45) is 0.909. The van der Waals surface area contributed by atoms with Crippen molar-refractivity contribution in [2.24, 2.45) is 5.92 Å². The first-order valence-corrected chi connectivity index (χ1v) is 11.1. The van der Waals surface area contributed by atoms with E-state index in [-0.39, 0.29) is 25.0 Å². The zero-order valence-electron chi connectivity index (χ0n) is 18.6. The molecule has 2 heterocycles. The van der Waals surface area contributed by atoms with Crippen LogP contribution in [-0.4, -0.2) is 31.9 Å². The van der Waals surface area contributed by atoms with Crippen LogP contribution in [0.15, 0.2) is 36.5 Å². The summed E-state index contributed by atoms with van der Waals surface area (Å²) in [5, 5.41) is 0. The van der Waals surface area contributed by atoms with Gasteiger partial charge in [-0.3, -0.25) is 4.79 Å². The van der Waals surface area contributed by atoms with Crippen LogP contribution in [-0.2, 0) is 12.7 Å². The summed E-state index contributed by atoms with van der Waals surface area (Å²) < 4.78 is 56.4. The molecule has 0 bridgehead atoms. The fourth-order valence-electron chi connectivity index (χ4n) is 4.55. The Balaban J connectivity index is 1.74. The first-order chi connectivity index (χ1) is 15.7. The number of imidazole rings is 1. The molecule has 0 unspecified atom stereocenters. The van der Waals surface area contributed by atoms with Gasteiger partial charge in [-0.2, -0.15) is 13.2 Å². The minimum absolute atomic E-state index is 0.0187. The Hall–Kier alpha value is -2.97. The van der Waals surface area contributed by atoms with Gasteiger partial charge in [0.2, 0.25) is 0 Å². The lowest BCUT2D eigenvalue weighted by Gasteiger charge is -2.26. The predicted molar refractivity (Wildman–Crippen MR) is 116 cm³/mol. The largest absolute Gasteiger partial charge is 0.419 e. The number of amides is 1. The Labute approximate surface area is 189 Å². The Morgan fingerprint density at radius 1 is 1.18 bits per heavy atom. The summed E-state index contributed by atoms with van der Waals surface area (Å²) in [6, 6.07) is 6.63. The van der Waals surface area contributed by atoms with Crippen molar-refractivity contribution >= 4 is 17.1 Å². The summed E-state index contributed by atoms with van der Waals surface area (Å²) in [6.45, 7) is 4.09. The third kappa shape index (κ3) is 4.72. The molecule has 33 heavy (non-hydrogen) atoms. The van der Waals surface area contributed by atoms with Crippen molar-refractivity contribution in [1.29, 1.82) is 0 Å². The van der Waals surface area contributed by atoms with Gasteiger partial charge in [0.05, 0.1) is 17.7 Å². The van der Waals surface area contributed by atoms with E-state index >= 15 is 0 Å². The molecule has 0 radical (unpaired) electrons. The van der Waals surface area contributed by atoms with Crippen LogP contribution in [0.5, 0.6) is 0 Å². The Kier molecular flexibility index (Phi) is 6.41. The highest BCUT2D eigenvalue weighted by molar-refractivity contribution is 5.94. The molecule has 0 atom stereocenters. The van der Waals surface area contributed by atoms with Gasteiger partial charge >= 0.3 is 6.18 Å². The van der Waals surface area contributed by atoms with E-state index in [2.05, 4.69) is 4.98 Å². The zero-order chi connectivity index (χ0) is 23.8. The lowest BCUT2D eigenvalue weighted by molar-refractivity contribution is -0.140. The van der Waals surface area contributed by atoms with Crippen LogP contribution in [0.25, 0.3) is 11.2 Å². The van der Waals surface area contributed by atoms with Crippen LogP contribution in [0.1, 0.15) is 67.3 Å². The van der Waals surface area contributed by atoms with Crippen LogP contribution >= 0.6 is 0 Å². The summed E-state index contributed by atoms with van der Waals surface area (Å²) in [5.41, 5.74) is -0.615. The SMILES string of the molecule is CC(C)CN(Cc1nc2cccnc2n1C1CCCC1)C(=O)c1cccc(C(F)(F)F)c1F. The Bertz CT molecular complexity index is 1150. The molecule has 4 rings (SSSR count). The molecular formula is C24H26F4N4O. The van der Waals surface area contributed by atoms with Crippen molar-refractivity contribution in [2.75, 3.05) is 6.54 Å². The first kappa shape index (κ1) is 23.2. The molecule has 0 N–H and O–H groups in total. The predicted octanol–water partition coefficient (Wildman–Crippen LogP) is 6.00. The van der Waals surface area contributed by atoms with E-state index in [1.54, 1.807) is 12.3 Å². The highest BCUT2D eigenvalue weighted by Crippen LogP contribution is 2.35. The number of hydrogen-bond acceptors (Lipinski definition) is 3. The molecule has 1 saturated carbocycles. The number of carbonyl (C=O) groups excluding carboxylic acids is 1. The van der Waals surface area contributed by atoms with E-state index in [0.29, 0.717) is 17.4 Å². The second-order valence-electron chi connectivity index (χ2n) is 8.93. The van der Waals surface area contributed by atoms with Gasteiger partial charge in [0.1, 0.15) is 17.2 Å². The molecule has 3 aromatic rings. The molecular weight excluding hydrogens is 436 g/mol. The minimum atomic E-state index is -4.88. The molecule has 9 heteroatoms. The van der Waals surface area contributed by atoms with Crippen LogP contribution in [0.4, 0.5) is 17.6 Å². The van der Waals surface area contributed by atoms with Crippen LogP contribution < -0.4 is 0 Å². The molecule has 1 aromatic carbocycles. The summed E-state index contributed by atoms with van der Waals surface area (Å²) in [4.78, 5) is 23.9. The molecule has 2 aromatic heterocycles. The average Bonchev–Trinajstić information content (AvgIpc) is 3.39. The van der Waals surface area contributed by atoms with Gasteiger partial charge in [-0.1, -0.05) is 32.8 Å². The normalized spacial score (nSPS) is 15.0. The van der Waals surface area contributed by atoms with Crippen LogP contribution in [0.2, 0.25) is 0 Å². The van der Waals surface area contributed by atoms with E-state index in [9.17, 15) is 22.4 Å². The van der Waals surface area contributed by atoms with E-state index in [1.165, 1.54) is 4.90 Å². The van der Waals surface area contributed by atoms with E-state index < -0.39 is 29.0 Å². The van der Waals surface area contributed by atoms with Gasteiger partial charge in [0.25, 0.3) is 5.91 Å². The third-order valence-corrected chi connectivity index (χ3v) is 5.95. The first-order valence-electron chi connectivity index (χ1n) is 11.1. The van der Waals surface area contributed by atoms with Gasteiger partial charge in [0, 0.05) is 18.8 Å².